The number of benzene rings is 1. The van der Waals surface area contributed by atoms with Gasteiger partial charge in [-0.25, -0.2) is 0 Å². The van der Waals surface area contributed by atoms with Crippen LogP contribution in [0.25, 0.3) is 0 Å². The molecule has 1 saturated carbocycles. The summed E-state index contributed by atoms with van der Waals surface area (Å²) in [6.07, 6.45) is 0.893. The van der Waals surface area contributed by atoms with E-state index in [-0.39, 0.29) is 23.2 Å². The molecule has 0 heterocycles. The summed E-state index contributed by atoms with van der Waals surface area (Å²) in [5.41, 5.74) is -0.174. The van der Waals surface area contributed by atoms with Gasteiger partial charge in [0.15, 0.2) is 6.10 Å². The number of nitro groups is 1. The molecule has 0 bridgehead atoms. The summed E-state index contributed by atoms with van der Waals surface area (Å²) in [5.74, 6) is -1.80. The first kappa shape index (κ1) is 17.4. The van der Waals surface area contributed by atoms with E-state index in [4.69, 9.17) is 4.74 Å². The van der Waals surface area contributed by atoms with Crippen molar-refractivity contribution in [2.75, 3.05) is 6.54 Å². The molecule has 9 nitrogen and oxygen atoms in total. The van der Waals surface area contributed by atoms with Gasteiger partial charge in [0.2, 0.25) is 0 Å². The minimum absolute atomic E-state index is 0.0523. The minimum atomic E-state index is -0.951. The third-order valence-corrected chi connectivity index (χ3v) is 3.31. The van der Waals surface area contributed by atoms with Crippen LogP contribution in [-0.2, 0) is 14.3 Å². The number of hydrogen-bond acceptors (Lipinski definition) is 6. The number of amides is 2. The monoisotopic (exact) mass is 335 g/mol. The van der Waals surface area contributed by atoms with Crippen molar-refractivity contribution in [2.24, 2.45) is 0 Å². The third-order valence-electron chi connectivity index (χ3n) is 3.31. The Morgan fingerprint density at radius 3 is 2.71 bits per heavy atom. The van der Waals surface area contributed by atoms with Crippen LogP contribution >= 0.6 is 0 Å². The van der Waals surface area contributed by atoms with E-state index in [1.807, 2.05) is 0 Å². The van der Waals surface area contributed by atoms with Crippen LogP contribution in [0.1, 0.15) is 30.1 Å². The SMILES string of the molecule is C[C@@H](OC(=O)CNC(=O)c1cccc([N+](=O)[O-])c1)C(=O)NC1CC1. The van der Waals surface area contributed by atoms with Crippen LogP contribution in [-0.4, -0.2) is 41.4 Å². The van der Waals surface area contributed by atoms with Crippen molar-refractivity contribution in [3.05, 3.63) is 39.9 Å². The molecule has 1 aromatic rings. The first-order valence-corrected chi connectivity index (χ1v) is 7.39. The fraction of sp³-hybridized carbons (Fsp3) is 0.400. The van der Waals surface area contributed by atoms with Crippen LogP contribution in [0.15, 0.2) is 24.3 Å². The smallest absolute Gasteiger partial charge is 0.326 e. The normalized spacial score (nSPS) is 14.4. The number of nitrogens with one attached hydrogen (secondary N) is 2. The van der Waals surface area contributed by atoms with Gasteiger partial charge in [-0.15, -0.1) is 0 Å². The van der Waals surface area contributed by atoms with E-state index in [9.17, 15) is 24.5 Å². The number of carbonyl (C=O) groups excluding carboxylic acids is 3. The van der Waals surface area contributed by atoms with Gasteiger partial charge in [0.25, 0.3) is 17.5 Å². The van der Waals surface area contributed by atoms with Crippen molar-refractivity contribution in [2.45, 2.75) is 31.9 Å². The van der Waals surface area contributed by atoms with E-state index in [0.29, 0.717) is 0 Å². The molecule has 1 atom stereocenters. The van der Waals surface area contributed by atoms with Crippen molar-refractivity contribution in [3.8, 4) is 0 Å². The summed E-state index contributed by atoms with van der Waals surface area (Å²) in [6.45, 7) is 1.00. The second kappa shape index (κ2) is 7.53. The van der Waals surface area contributed by atoms with Crippen molar-refractivity contribution < 1.29 is 24.0 Å². The maximum atomic E-state index is 11.9. The van der Waals surface area contributed by atoms with Gasteiger partial charge in [0, 0.05) is 23.7 Å². The first-order chi connectivity index (χ1) is 11.4. The zero-order chi connectivity index (χ0) is 17.7. The van der Waals surface area contributed by atoms with Gasteiger partial charge in [0.1, 0.15) is 6.54 Å². The fourth-order valence-electron chi connectivity index (χ4n) is 1.85. The number of nitro benzene ring substituents is 1. The lowest BCUT2D eigenvalue weighted by molar-refractivity contribution is -0.384. The summed E-state index contributed by atoms with van der Waals surface area (Å²) >= 11 is 0. The Morgan fingerprint density at radius 2 is 2.08 bits per heavy atom. The summed E-state index contributed by atoms with van der Waals surface area (Å²) in [4.78, 5) is 45.2. The molecular formula is C15H17N3O6. The van der Waals surface area contributed by atoms with Crippen LogP contribution in [0, 0.1) is 10.1 Å². The zero-order valence-corrected chi connectivity index (χ0v) is 13.0. The van der Waals surface area contributed by atoms with Gasteiger partial charge in [-0.2, -0.15) is 0 Å². The molecule has 1 aliphatic rings. The summed E-state index contributed by atoms with van der Waals surface area (Å²) < 4.78 is 4.92. The highest BCUT2D eigenvalue weighted by molar-refractivity contribution is 5.96. The largest absolute Gasteiger partial charge is 0.451 e. The number of carbonyl (C=O) groups is 3. The molecule has 0 aromatic heterocycles. The maximum absolute atomic E-state index is 11.9. The topological polar surface area (TPSA) is 128 Å². The Hall–Kier alpha value is -2.97. The van der Waals surface area contributed by atoms with E-state index in [1.54, 1.807) is 0 Å². The van der Waals surface area contributed by atoms with Crippen LogP contribution in [0.2, 0.25) is 0 Å². The third kappa shape index (κ3) is 5.04. The number of ether oxygens (including phenoxy) is 1. The average molecular weight is 335 g/mol. The lowest BCUT2D eigenvalue weighted by atomic mass is 10.2. The van der Waals surface area contributed by atoms with Crippen LogP contribution in [0.5, 0.6) is 0 Å². The Bertz CT molecular complexity index is 671. The van der Waals surface area contributed by atoms with E-state index in [0.717, 1.165) is 18.9 Å². The number of rotatable bonds is 7. The highest BCUT2D eigenvalue weighted by Gasteiger charge is 2.27. The summed E-state index contributed by atoms with van der Waals surface area (Å²) in [7, 11) is 0. The minimum Gasteiger partial charge on any atom is -0.451 e. The molecule has 0 radical (unpaired) electrons. The van der Waals surface area contributed by atoms with E-state index in [1.165, 1.54) is 25.1 Å². The second-order valence-electron chi connectivity index (χ2n) is 5.41. The second-order valence-corrected chi connectivity index (χ2v) is 5.41. The predicted molar refractivity (Wildman–Crippen MR) is 82.1 cm³/mol. The number of non-ortho nitro benzene ring substituents is 1. The van der Waals surface area contributed by atoms with Crippen molar-refractivity contribution in [1.29, 1.82) is 0 Å². The van der Waals surface area contributed by atoms with Gasteiger partial charge >= 0.3 is 5.97 Å². The Labute approximate surface area is 137 Å². The molecule has 24 heavy (non-hydrogen) atoms. The lowest BCUT2D eigenvalue weighted by Gasteiger charge is -2.13. The molecular weight excluding hydrogens is 318 g/mol. The fourth-order valence-corrected chi connectivity index (χ4v) is 1.85. The van der Waals surface area contributed by atoms with Crippen molar-refractivity contribution in [3.63, 3.8) is 0 Å². The van der Waals surface area contributed by atoms with E-state index >= 15 is 0 Å². The molecule has 9 heteroatoms. The standard InChI is InChI=1S/C15H17N3O6/c1-9(14(20)17-11-5-6-11)24-13(19)8-16-15(21)10-3-2-4-12(7-10)18(22)23/h2-4,7,9,11H,5-6,8H2,1H3,(H,16,21)(H,17,20)/t9-/m1/s1. The molecule has 2 rings (SSSR count). The molecule has 128 valence electrons. The molecule has 1 fully saturated rings. The molecule has 0 saturated heterocycles. The molecule has 1 aliphatic carbocycles. The Morgan fingerprint density at radius 1 is 1.38 bits per heavy atom. The zero-order valence-electron chi connectivity index (χ0n) is 13.0. The molecule has 0 spiro atoms. The van der Waals surface area contributed by atoms with Crippen LogP contribution in [0.3, 0.4) is 0 Å². The number of hydrogen-bond donors (Lipinski definition) is 2. The van der Waals surface area contributed by atoms with Crippen molar-refractivity contribution >= 4 is 23.5 Å². The van der Waals surface area contributed by atoms with Gasteiger partial charge < -0.3 is 15.4 Å². The van der Waals surface area contributed by atoms with E-state index < -0.39 is 29.4 Å². The van der Waals surface area contributed by atoms with Crippen LogP contribution < -0.4 is 10.6 Å². The Balaban J connectivity index is 1.80. The highest BCUT2D eigenvalue weighted by atomic mass is 16.6. The first-order valence-electron chi connectivity index (χ1n) is 7.39. The Kier molecular flexibility index (Phi) is 5.46. The molecule has 2 N–H and O–H groups in total. The lowest BCUT2D eigenvalue weighted by Crippen LogP contribution is -2.39. The predicted octanol–water partition coefficient (Wildman–Crippen LogP) is 0.535. The van der Waals surface area contributed by atoms with Gasteiger partial charge in [-0.1, -0.05) is 6.07 Å². The quantitative estimate of drug-likeness (QED) is 0.425. The average Bonchev–Trinajstić information content (AvgIpc) is 3.36. The molecule has 0 unspecified atom stereocenters. The highest BCUT2D eigenvalue weighted by Crippen LogP contribution is 2.18. The van der Waals surface area contributed by atoms with E-state index in [2.05, 4.69) is 10.6 Å². The molecule has 0 aliphatic heterocycles. The summed E-state index contributed by atoms with van der Waals surface area (Å²) in [6, 6.07) is 5.28. The molecule has 1 aromatic carbocycles. The number of esters is 1. The van der Waals surface area contributed by atoms with Gasteiger partial charge in [-0.05, 0) is 25.8 Å². The van der Waals surface area contributed by atoms with Gasteiger partial charge in [-0.3, -0.25) is 24.5 Å². The number of nitrogens with zero attached hydrogens (tertiary/aromatic N) is 1. The molecule has 2 amide bonds. The maximum Gasteiger partial charge on any atom is 0.326 e. The van der Waals surface area contributed by atoms with Gasteiger partial charge in [0.05, 0.1) is 4.92 Å². The summed E-state index contributed by atoms with van der Waals surface area (Å²) in [5, 5.41) is 15.7. The van der Waals surface area contributed by atoms with Crippen LogP contribution in [0.4, 0.5) is 5.69 Å². The van der Waals surface area contributed by atoms with Crippen molar-refractivity contribution in [1.82, 2.24) is 10.6 Å².